The van der Waals surface area contributed by atoms with Crippen molar-refractivity contribution in [3.8, 4) is 11.4 Å². The molecule has 0 saturated heterocycles. The molecule has 0 aliphatic carbocycles. The molecule has 0 unspecified atom stereocenters. The van der Waals surface area contributed by atoms with Crippen LogP contribution in [0.25, 0.3) is 5.69 Å². The Bertz CT molecular complexity index is 737. The fraction of sp³-hybridized carbons (Fsp3) is 0.0769. The van der Waals surface area contributed by atoms with Gasteiger partial charge in [0.1, 0.15) is 0 Å². The molecule has 1 N–H and O–H groups in total. The molecule has 2 heterocycles. The van der Waals surface area contributed by atoms with Gasteiger partial charge in [0.25, 0.3) is 0 Å². The minimum Gasteiger partial charge on any atom is -0.481 e. The summed E-state index contributed by atoms with van der Waals surface area (Å²) in [6.07, 6.45) is 2.67. The van der Waals surface area contributed by atoms with Crippen molar-refractivity contribution in [2.75, 3.05) is 0 Å². The van der Waals surface area contributed by atoms with Crippen LogP contribution < -0.4 is 4.74 Å². The smallest absolute Gasteiger partial charge is 0.360 e. The lowest BCUT2D eigenvalue weighted by atomic mass is 10.3. The first-order chi connectivity index (χ1) is 10.2. The van der Waals surface area contributed by atoms with E-state index in [9.17, 15) is 9.90 Å². The van der Waals surface area contributed by atoms with Gasteiger partial charge in [0.05, 0.1) is 11.9 Å². The second-order valence-corrected chi connectivity index (χ2v) is 4.06. The Balaban J connectivity index is 1.88. The van der Waals surface area contributed by atoms with Gasteiger partial charge in [-0.3, -0.25) is 0 Å². The van der Waals surface area contributed by atoms with E-state index in [2.05, 4.69) is 19.8 Å². The maximum atomic E-state index is 11.2. The Kier molecular flexibility index (Phi) is 3.34. The molecule has 0 spiro atoms. The van der Waals surface area contributed by atoms with Crippen LogP contribution in [-0.4, -0.2) is 31.0 Å². The zero-order valence-corrected chi connectivity index (χ0v) is 10.7. The maximum Gasteiger partial charge on any atom is 0.360 e. The molecule has 8 nitrogen and oxygen atoms in total. The number of carbonyl (C=O) groups is 1. The molecule has 21 heavy (non-hydrogen) atoms. The molecule has 106 valence electrons. The van der Waals surface area contributed by atoms with Crippen molar-refractivity contribution >= 4 is 5.97 Å². The Morgan fingerprint density at radius 3 is 2.81 bits per heavy atom. The average Bonchev–Trinajstić information content (AvgIpc) is 3.15. The largest absolute Gasteiger partial charge is 0.481 e. The van der Waals surface area contributed by atoms with Gasteiger partial charge in [-0.2, -0.15) is 10.1 Å². The van der Waals surface area contributed by atoms with E-state index < -0.39 is 5.97 Å². The number of aromatic carboxylic acids is 1. The molecular formula is C13H10N4O4. The number of nitrogens with zero attached hydrogens (tertiary/aromatic N) is 4. The van der Waals surface area contributed by atoms with Gasteiger partial charge in [0.15, 0.2) is 12.4 Å². The van der Waals surface area contributed by atoms with Crippen molar-refractivity contribution in [2.45, 2.75) is 6.61 Å². The van der Waals surface area contributed by atoms with Gasteiger partial charge < -0.3 is 14.4 Å². The monoisotopic (exact) mass is 286 g/mol. The van der Waals surface area contributed by atoms with Crippen molar-refractivity contribution in [1.29, 1.82) is 0 Å². The molecule has 0 fully saturated rings. The number of benzene rings is 1. The SMILES string of the molecule is O=C(O)c1nn(-c2ccccc2)cc1OCc1ncon1. The number of carboxylic acid groups (broad SMARTS) is 1. The summed E-state index contributed by atoms with van der Waals surface area (Å²) in [7, 11) is 0. The Hall–Kier alpha value is -3.16. The highest BCUT2D eigenvalue weighted by Crippen LogP contribution is 2.20. The van der Waals surface area contributed by atoms with E-state index in [0.717, 1.165) is 5.69 Å². The number of ether oxygens (including phenoxy) is 1. The lowest BCUT2D eigenvalue weighted by molar-refractivity contribution is 0.0684. The molecule has 0 aliphatic rings. The van der Waals surface area contributed by atoms with Crippen LogP contribution in [0.4, 0.5) is 0 Å². The van der Waals surface area contributed by atoms with E-state index in [0.29, 0.717) is 5.82 Å². The van der Waals surface area contributed by atoms with Crippen molar-refractivity contribution in [3.05, 3.63) is 54.4 Å². The summed E-state index contributed by atoms with van der Waals surface area (Å²) < 4.78 is 11.4. The van der Waals surface area contributed by atoms with Gasteiger partial charge in [-0.25, -0.2) is 9.48 Å². The van der Waals surface area contributed by atoms with E-state index in [1.807, 2.05) is 30.3 Å². The predicted octanol–water partition coefficient (Wildman–Crippen LogP) is 1.53. The first-order valence-electron chi connectivity index (χ1n) is 6.00. The zero-order chi connectivity index (χ0) is 14.7. The molecular weight excluding hydrogens is 276 g/mol. The second kappa shape index (κ2) is 5.45. The topological polar surface area (TPSA) is 103 Å². The summed E-state index contributed by atoms with van der Waals surface area (Å²) in [5, 5.41) is 16.8. The molecule has 0 aliphatic heterocycles. The fourth-order valence-electron chi connectivity index (χ4n) is 1.72. The maximum absolute atomic E-state index is 11.2. The van der Waals surface area contributed by atoms with Crippen LogP contribution in [0, 0.1) is 0 Å². The van der Waals surface area contributed by atoms with E-state index >= 15 is 0 Å². The number of rotatable bonds is 5. The summed E-state index contributed by atoms with van der Waals surface area (Å²) in [4.78, 5) is 15.0. The third-order valence-corrected chi connectivity index (χ3v) is 2.67. The molecule has 3 aromatic rings. The van der Waals surface area contributed by atoms with Crippen LogP contribution in [-0.2, 0) is 6.61 Å². The molecule has 0 bridgehead atoms. The van der Waals surface area contributed by atoms with Crippen LogP contribution in [0.5, 0.6) is 5.75 Å². The van der Waals surface area contributed by atoms with Crippen LogP contribution in [0.2, 0.25) is 0 Å². The molecule has 0 atom stereocenters. The molecule has 8 heteroatoms. The summed E-state index contributed by atoms with van der Waals surface area (Å²) in [6.45, 7) is -0.00272. The molecule has 0 amide bonds. The number of carboxylic acids is 1. The molecule has 2 aromatic heterocycles. The van der Waals surface area contributed by atoms with Crippen molar-refractivity contribution in [1.82, 2.24) is 19.9 Å². The van der Waals surface area contributed by atoms with Gasteiger partial charge in [-0.05, 0) is 12.1 Å². The van der Waals surface area contributed by atoms with Crippen LogP contribution >= 0.6 is 0 Å². The van der Waals surface area contributed by atoms with E-state index in [4.69, 9.17) is 4.74 Å². The number of hydrogen-bond acceptors (Lipinski definition) is 6. The van der Waals surface area contributed by atoms with E-state index in [1.54, 1.807) is 0 Å². The summed E-state index contributed by atoms with van der Waals surface area (Å²) in [5.74, 6) is -0.720. The fourth-order valence-corrected chi connectivity index (χ4v) is 1.72. The van der Waals surface area contributed by atoms with Crippen LogP contribution in [0.15, 0.2) is 47.4 Å². The van der Waals surface area contributed by atoms with Crippen molar-refractivity contribution in [2.24, 2.45) is 0 Å². The Morgan fingerprint density at radius 2 is 2.14 bits per heavy atom. The van der Waals surface area contributed by atoms with Gasteiger partial charge in [0.2, 0.25) is 17.9 Å². The van der Waals surface area contributed by atoms with Crippen molar-refractivity contribution < 1.29 is 19.2 Å². The van der Waals surface area contributed by atoms with E-state index in [1.165, 1.54) is 17.3 Å². The van der Waals surface area contributed by atoms with Gasteiger partial charge in [-0.1, -0.05) is 23.4 Å². The normalized spacial score (nSPS) is 10.5. The molecule has 1 aromatic carbocycles. The summed E-state index contributed by atoms with van der Waals surface area (Å²) in [5.41, 5.74) is 0.553. The summed E-state index contributed by atoms with van der Waals surface area (Å²) in [6, 6.07) is 9.14. The average molecular weight is 286 g/mol. The predicted molar refractivity (Wildman–Crippen MR) is 69.2 cm³/mol. The molecule has 0 radical (unpaired) electrons. The standard InChI is InChI=1S/C13H10N4O4/c18-13(19)12-10(20-7-11-14-8-21-16-11)6-17(15-12)9-4-2-1-3-5-9/h1-6,8H,7H2,(H,18,19). The summed E-state index contributed by atoms with van der Waals surface area (Å²) >= 11 is 0. The van der Waals surface area contributed by atoms with Gasteiger partial charge in [0, 0.05) is 0 Å². The minimum atomic E-state index is -1.17. The molecule has 0 saturated carbocycles. The van der Waals surface area contributed by atoms with E-state index in [-0.39, 0.29) is 18.1 Å². The third-order valence-electron chi connectivity index (χ3n) is 2.67. The number of hydrogen-bond donors (Lipinski definition) is 1. The number of aromatic nitrogens is 4. The minimum absolute atomic E-state index is 0.00272. The van der Waals surface area contributed by atoms with Gasteiger partial charge >= 0.3 is 5.97 Å². The first-order valence-corrected chi connectivity index (χ1v) is 6.00. The van der Waals surface area contributed by atoms with Crippen LogP contribution in [0.1, 0.15) is 16.3 Å². The lowest BCUT2D eigenvalue weighted by Gasteiger charge is -2.00. The highest BCUT2D eigenvalue weighted by Gasteiger charge is 2.18. The third kappa shape index (κ3) is 2.73. The lowest BCUT2D eigenvalue weighted by Crippen LogP contribution is -2.04. The first kappa shape index (κ1) is 12.9. The Morgan fingerprint density at radius 1 is 1.33 bits per heavy atom. The van der Waals surface area contributed by atoms with Crippen molar-refractivity contribution in [3.63, 3.8) is 0 Å². The van der Waals surface area contributed by atoms with Crippen LogP contribution in [0.3, 0.4) is 0 Å². The highest BCUT2D eigenvalue weighted by molar-refractivity contribution is 5.88. The second-order valence-electron chi connectivity index (χ2n) is 4.06. The Labute approximate surface area is 118 Å². The quantitative estimate of drug-likeness (QED) is 0.758. The number of para-hydroxylation sites is 1. The highest BCUT2D eigenvalue weighted by atomic mass is 16.5. The van der Waals surface area contributed by atoms with Gasteiger partial charge in [-0.15, -0.1) is 0 Å². The zero-order valence-electron chi connectivity index (χ0n) is 10.7. The molecule has 3 rings (SSSR count).